The molecule has 1 N–H and O–H groups in total. The molecule has 0 atom stereocenters. The Balaban J connectivity index is 1.98. The number of benzene rings is 1. The lowest BCUT2D eigenvalue weighted by molar-refractivity contribution is -0.139. The van der Waals surface area contributed by atoms with Crippen LogP contribution in [0.3, 0.4) is 0 Å². The maximum absolute atomic E-state index is 11.2. The predicted molar refractivity (Wildman–Crippen MR) is 97.0 cm³/mol. The largest absolute Gasteiger partial charge is 0.493 e. The van der Waals surface area contributed by atoms with Gasteiger partial charge in [0.25, 0.3) is 0 Å². The molecule has 138 valence electrons. The second kappa shape index (κ2) is 12.1. The molecule has 0 saturated heterocycles. The number of unbranched alkanes of at least 4 members (excludes halogenated alkanes) is 6. The number of hydrogen-bond donors (Lipinski definition) is 1. The van der Waals surface area contributed by atoms with Crippen molar-refractivity contribution >= 4 is 11.9 Å². The second-order valence-corrected chi connectivity index (χ2v) is 6.04. The average Bonchev–Trinajstić information content (AvgIpc) is 2.59. The van der Waals surface area contributed by atoms with Crippen molar-refractivity contribution in [3.8, 4) is 5.75 Å². The summed E-state index contributed by atoms with van der Waals surface area (Å²) in [5.41, 5.74) is 0.642. The fourth-order valence-electron chi connectivity index (χ4n) is 2.33. The molecule has 1 rings (SSSR count). The Morgan fingerprint density at radius 3 is 2.12 bits per heavy atom. The van der Waals surface area contributed by atoms with E-state index >= 15 is 0 Å². The van der Waals surface area contributed by atoms with Crippen molar-refractivity contribution in [1.29, 1.82) is 0 Å². The van der Waals surface area contributed by atoms with Crippen LogP contribution in [0.4, 0.5) is 0 Å². The van der Waals surface area contributed by atoms with Crippen molar-refractivity contribution in [3.05, 3.63) is 42.0 Å². The lowest BCUT2D eigenvalue weighted by Crippen LogP contribution is -2.06. The Morgan fingerprint density at radius 2 is 1.52 bits per heavy atom. The van der Waals surface area contributed by atoms with Crippen LogP contribution in [0.1, 0.15) is 62.2 Å². The minimum Gasteiger partial charge on any atom is -0.493 e. The van der Waals surface area contributed by atoms with Gasteiger partial charge in [-0.15, -0.1) is 0 Å². The lowest BCUT2D eigenvalue weighted by Gasteiger charge is -2.08. The normalized spacial score (nSPS) is 10.3. The monoisotopic (exact) mass is 348 g/mol. The first-order valence-electron chi connectivity index (χ1n) is 8.80. The van der Waals surface area contributed by atoms with Crippen LogP contribution < -0.4 is 4.74 Å². The minimum absolute atomic E-state index is 0.204. The topological polar surface area (TPSA) is 72.8 Å². The number of carbonyl (C=O) groups excluding carboxylic acids is 1. The summed E-state index contributed by atoms with van der Waals surface area (Å²) in [7, 11) is 0. The molecule has 0 spiro atoms. The highest BCUT2D eigenvalue weighted by molar-refractivity contribution is 5.90. The van der Waals surface area contributed by atoms with E-state index in [1.807, 2.05) is 0 Å². The van der Waals surface area contributed by atoms with Gasteiger partial charge in [0.2, 0.25) is 0 Å². The zero-order valence-corrected chi connectivity index (χ0v) is 15.0. The van der Waals surface area contributed by atoms with Crippen LogP contribution in [0, 0.1) is 0 Å². The van der Waals surface area contributed by atoms with Gasteiger partial charge in [-0.25, -0.2) is 9.59 Å². The highest BCUT2D eigenvalue weighted by Gasteiger charge is 2.09. The summed E-state index contributed by atoms with van der Waals surface area (Å²) >= 11 is 0. The number of esters is 1. The number of para-hydroxylation sites is 1. The smallest absolute Gasteiger partial charge is 0.339 e. The molecule has 0 fully saturated rings. The SMILES string of the molecule is C=C(C)C(=O)OCCCCCCCCCOc1ccccc1C(=O)O. The summed E-state index contributed by atoms with van der Waals surface area (Å²) in [6.07, 6.45) is 7.27. The van der Waals surface area contributed by atoms with E-state index in [9.17, 15) is 9.59 Å². The van der Waals surface area contributed by atoms with Gasteiger partial charge in [-0.3, -0.25) is 0 Å². The molecule has 0 unspecified atom stereocenters. The van der Waals surface area contributed by atoms with Crippen molar-refractivity contribution in [2.24, 2.45) is 0 Å². The molecule has 5 heteroatoms. The molecule has 0 heterocycles. The number of rotatable bonds is 13. The first kappa shape index (κ1) is 20.7. The molecule has 0 bridgehead atoms. The van der Waals surface area contributed by atoms with E-state index in [2.05, 4.69) is 6.58 Å². The standard InChI is InChI=1S/C20H28O5/c1-16(2)20(23)25-15-11-7-5-3-4-6-10-14-24-18-13-9-8-12-17(18)19(21)22/h8-9,12-13H,1,3-7,10-11,14-15H2,2H3,(H,21,22). The average molecular weight is 348 g/mol. The molecule has 0 radical (unpaired) electrons. The fraction of sp³-hybridized carbons (Fsp3) is 0.500. The summed E-state index contributed by atoms with van der Waals surface area (Å²) in [5, 5.41) is 9.07. The minimum atomic E-state index is -0.968. The predicted octanol–water partition coefficient (Wildman–Crippen LogP) is 4.61. The molecular weight excluding hydrogens is 320 g/mol. The fourth-order valence-corrected chi connectivity index (χ4v) is 2.33. The van der Waals surface area contributed by atoms with E-state index in [1.165, 1.54) is 0 Å². The quantitative estimate of drug-likeness (QED) is 0.320. The zero-order chi connectivity index (χ0) is 18.5. The van der Waals surface area contributed by atoms with E-state index in [0.717, 1.165) is 44.9 Å². The molecule has 1 aromatic rings. The van der Waals surface area contributed by atoms with E-state index in [-0.39, 0.29) is 11.5 Å². The molecule has 1 aromatic carbocycles. The molecular formula is C20H28O5. The van der Waals surface area contributed by atoms with Gasteiger partial charge in [0.15, 0.2) is 0 Å². The van der Waals surface area contributed by atoms with E-state index in [4.69, 9.17) is 14.6 Å². The van der Waals surface area contributed by atoms with Crippen LogP contribution >= 0.6 is 0 Å². The number of hydrogen-bond acceptors (Lipinski definition) is 4. The zero-order valence-electron chi connectivity index (χ0n) is 15.0. The molecule has 5 nitrogen and oxygen atoms in total. The van der Waals surface area contributed by atoms with Crippen LogP contribution in [0.25, 0.3) is 0 Å². The molecule has 0 aliphatic rings. The lowest BCUT2D eigenvalue weighted by atomic mass is 10.1. The van der Waals surface area contributed by atoms with Crippen molar-refractivity contribution in [1.82, 2.24) is 0 Å². The van der Waals surface area contributed by atoms with Crippen LogP contribution in [0.15, 0.2) is 36.4 Å². The van der Waals surface area contributed by atoms with Crippen LogP contribution in [0.2, 0.25) is 0 Å². The van der Waals surface area contributed by atoms with Gasteiger partial charge in [-0.2, -0.15) is 0 Å². The van der Waals surface area contributed by atoms with E-state index in [0.29, 0.717) is 24.5 Å². The highest BCUT2D eigenvalue weighted by Crippen LogP contribution is 2.18. The number of carbonyl (C=O) groups is 2. The van der Waals surface area contributed by atoms with Crippen molar-refractivity contribution < 1.29 is 24.2 Å². The van der Waals surface area contributed by atoms with Gasteiger partial charge >= 0.3 is 11.9 Å². The maximum atomic E-state index is 11.2. The maximum Gasteiger partial charge on any atom is 0.339 e. The Labute approximate surface area is 149 Å². The van der Waals surface area contributed by atoms with Crippen molar-refractivity contribution in [2.45, 2.75) is 51.9 Å². The molecule has 0 saturated carbocycles. The van der Waals surface area contributed by atoms with Gasteiger partial charge < -0.3 is 14.6 Å². The Kier molecular flexibility index (Phi) is 10.1. The van der Waals surface area contributed by atoms with Crippen molar-refractivity contribution in [3.63, 3.8) is 0 Å². The second-order valence-electron chi connectivity index (χ2n) is 6.04. The van der Waals surface area contributed by atoms with Crippen LogP contribution in [-0.4, -0.2) is 30.3 Å². The Morgan fingerprint density at radius 1 is 0.960 bits per heavy atom. The summed E-state index contributed by atoms with van der Waals surface area (Å²) in [5.74, 6) is -0.853. The van der Waals surface area contributed by atoms with Gasteiger partial charge in [0.1, 0.15) is 11.3 Å². The number of carboxylic acid groups (broad SMARTS) is 1. The van der Waals surface area contributed by atoms with E-state index < -0.39 is 5.97 Å². The molecule has 0 aliphatic heterocycles. The Bertz CT molecular complexity index is 565. The molecule has 25 heavy (non-hydrogen) atoms. The van der Waals surface area contributed by atoms with E-state index in [1.54, 1.807) is 31.2 Å². The van der Waals surface area contributed by atoms with Gasteiger partial charge in [-0.05, 0) is 31.9 Å². The molecule has 0 amide bonds. The summed E-state index contributed by atoms with van der Waals surface area (Å²) in [6, 6.07) is 6.70. The number of ether oxygens (including phenoxy) is 2. The van der Waals surface area contributed by atoms with Crippen LogP contribution in [0.5, 0.6) is 5.75 Å². The van der Waals surface area contributed by atoms with Crippen LogP contribution in [-0.2, 0) is 9.53 Å². The summed E-state index contributed by atoms with van der Waals surface area (Å²) in [4.78, 5) is 22.2. The third-order valence-corrected chi connectivity index (χ3v) is 3.75. The first-order valence-corrected chi connectivity index (χ1v) is 8.80. The van der Waals surface area contributed by atoms with Crippen molar-refractivity contribution in [2.75, 3.05) is 13.2 Å². The summed E-state index contributed by atoms with van der Waals surface area (Å²) in [6.45, 7) is 6.17. The Hall–Kier alpha value is -2.30. The van der Waals surface area contributed by atoms with Gasteiger partial charge in [-0.1, -0.05) is 50.8 Å². The molecule has 0 aromatic heterocycles. The van der Waals surface area contributed by atoms with Gasteiger partial charge in [0.05, 0.1) is 13.2 Å². The third kappa shape index (κ3) is 8.94. The third-order valence-electron chi connectivity index (χ3n) is 3.75. The summed E-state index contributed by atoms with van der Waals surface area (Å²) < 4.78 is 10.6. The molecule has 0 aliphatic carbocycles. The number of aromatic carboxylic acids is 1. The van der Waals surface area contributed by atoms with Gasteiger partial charge in [0, 0.05) is 5.57 Å². The highest BCUT2D eigenvalue weighted by atomic mass is 16.5. The first-order chi connectivity index (χ1) is 12.0. The number of carboxylic acids is 1.